The molecule has 2 aliphatic heterocycles. The number of nitrogens with one attached hydrogen (secondary N) is 2. The van der Waals surface area contributed by atoms with Crippen molar-refractivity contribution in [1.29, 1.82) is 0 Å². The summed E-state index contributed by atoms with van der Waals surface area (Å²) in [5.41, 5.74) is 4.73. The second-order valence-electron chi connectivity index (χ2n) is 11.4. The minimum Gasteiger partial charge on any atom is -0.493 e. The van der Waals surface area contributed by atoms with Crippen LogP contribution in [0.15, 0.2) is 49.3 Å². The van der Waals surface area contributed by atoms with Crippen LogP contribution in [0, 0.1) is 0 Å². The van der Waals surface area contributed by atoms with Crippen LogP contribution in [0.2, 0.25) is 0 Å². The summed E-state index contributed by atoms with van der Waals surface area (Å²) in [6.45, 7) is 7.42. The van der Waals surface area contributed by atoms with Crippen LogP contribution in [-0.4, -0.2) is 80.4 Å². The Morgan fingerprint density at radius 1 is 0.712 bits per heavy atom. The van der Waals surface area contributed by atoms with Crippen LogP contribution in [0.1, 0.15) is 54.3 Å². The highest BCUT2D eigenvalue weighted by atomic mass is 16.7. The maximum absolute atomic E-state index is 12.2. The Kier molecular flexibility index (Phi) is 9.60. The first kappa shape index (κ1) is 33.9. The number of nitrogens with zero attached hydrogens (tertiary/aromatic N) is 4. The van der Waals surface area contributed by atoms with Crippen molar-refractivity contribution >= 4 is 34.0 Å². The number of rotatable bonds is 11. The number of aromatic amines is 2. The van der Waals surface area contributed by atoms with Crippen LogP contribution >= 0.6 is 0 Å². The molecule has 0 atom stereocenters. The lowest BCUT2D eigenvalue weighted by molar-refractivity contribution is 0.0528. The standard InChI is InChI=1S/C19H19N3O5.C17H15N3O5/c1-3-7-25-12-5-6-13-18(27-10-26-13)14(12)16-17-15(21-9-22-16)11(8-20-17)19(23)24-4-2;1-2-5-23-10-3-4-11-16(25-8-24-11)12(10)14-15-13(19-7-20-14)9(6-18-15)17(21)22/h5-6,8-9,20H,3-4,7,10H2,1-2H3;3-4,6-7,18H,2,5,8H2,1H3,(H,21,22). The number of ether oxygens (including phenoxy) is 7. The van der Waals surface area contributed by atoms with Gasteiger partial charge in [0.05, 0.1) is 42.0 Å². The van der Waals surface area contributed by atoms with E-state index in [0.29, 0.717) is 97.9 Å². The summed E-state index contributed by atoms with van der Waals surface area (Å²) in [4.78, 5) is 46.7. The normalized spacial score (nSPS) is 12.4. The number of hydrogen-bond donors (Lipinski definition) is 3. The van der Waals surface area contributed by atoms with Crippen molar-refractivity contribution in [1.82, 2.24) is 29.9 Å². The molecule has 16 nitrogen and oxygen atoms in total. The summed E-state index contributed by atoms with van der Waals surface area (Å²) < 4.78 is 39.1. The second kappa shape index (κ2) is 14.7. The predicted molar refractivity (Wildman–Crippen MR) is 185 cm³/mol. The molecule has 8 rings (SSSR count). The van der Waals surface area contributed by atoms with Gasteiger partial charge >= 0.3 is 11.9 Å². The lowest BCUT2D eigenvalue weighted by Gasteiger charge is -2.13. The van der Waals surface area contributed by atoms with E-state index in [1.807, 2.05) is 26.0 Å². The van der Waals surface area contributed by atoms with E-state index in [-0.39, 0.29) is 25.8 Å². The zero-order valence-corrected chi connectivity index (χ0v) is 28.5. The molecule has 0 aliphatic carbocycles. The molecule has 0 unspecified atom stereocenters. The molecule has 16 heteroatoms. The van der Waals surface area contributed by atoms with Crippen LogP contribution < -0.4 is 28.4 Å². The van der Waals surface area contributed by atoms with Crippen molar-refractivity contribution in [2.24, 2.45) is 0 Å². The fourth-order valence-corrected chi connectivity index (χ4v) is 5.81. The van der Waals surface area contributed by atoms with E-state index in [4.69, 9.17) is 33.2 Å². The van der Waals surface area contributed by atoms with Crippen molar-refractivity contribution in [3.05, 3.63) is 60.4 Å². The van der Waals surface area contributed by atoms with E-state index in [2.05, 4.69) is 29.9 Å². The Morgan fingerprint density at radius 3 is 1.69 bits per heavy atom. The molecule has 3 N–H and O–H groups in total. The van der Waals surface area contributed by atoms with Gasteiger partial charge in [0.25, 0.3) is 0 Å². The fourth-order valence-electron chi connectivity index (χ4n) is 5.81. The van der Waals surface area contributed by atoms with E-state index in [1.165, 1.54) is 18.9 Å². The Labute approximate surface area is 296 Å². The number of carboxylic acids is 1. The summed E-state index contributed by atoms with van der Waals surface area (Å²) in [7, 11) is 0. The minimum atomic E-state index is -1.06. The first-order chi connectivity index (χ1) is 25.4. The molecular formula is C36H34N6O10. The first-order valence-electron chi connectivity index (χ1n) is 16.6. The lowest BCUT2D eigenvalue weighted by Crippen LogP contribution is -2.04. The van der Waals surface area contributed by atoms with Crippen LogP contribution in [0.4, 0.5) is 0 Å². The number of carbonyl (C=O) groups excluding carboxylic acids is 1. The zero-order valence-electron chi connectivity index (χ0n) is 28.5. The average molecular weight is 711 g/mol. The molecule has 4 aromatic heterocycles. The van der Waals surface area contributed by atoms with Crippen molar-refractivity contribution in [3.8, 4) is 57.0 Å². The number of esters is 1. The van der Waals surface area contributed by atoms with Gasteiger partial charge in [-0.15, -0.1) is 0 Å². The average Bonchev–Trinajstić information content (AvgIpc) is 3.98. The highest BCUT2D eigenvalue weighted by Crippen LogP contribution is 2.49. The third-order valence-electron chi connectivity index (χ3n) is 8.05. The molecule has 0 amide bonds. The molecule has 6 aromatic rings. The monoisotopic (exact) mass is 710 g/mol. The molecule has 2 aromatic carbocycles. The Morgan fingerprint density at radius 2 is 1.21 bits per heavy atom. The van der Waals surface area contributed by atoms with Crippen molar-refractivity contribution in [2.75, 3.05) is 33.4 Å². The summed E-state index contributed by atoms with van der Waals surface area (Å²) in [5.74, 6) is 2.04. The van der Waals surface area contributed by atoms with E-state index >= 15 is 0 Å². The van der Waals surface area contributed by atoms with Gasteiger partial charge in [0, 0.05) is 12.4 Å². The largest absolute Gasteiger partial charge is 0.493 e. The molecule has 0 saturated carbocycles. The predicted octanol–water partition coefficient (Wildman–Crippen LogP) is 6.16. The van der Waals surface area contributed by atoms with E-state index in [0.717, 1.165) is 12.8 Å². The molecular weight excluding hydrogens is 676 g/mol. The van der Waals surface area contributed by atoms with Gasteiger partial charge in [-0.3, -0.25) is 0 Å². The van der Waals surface area contributed by atoms with Crippen LogP contribution in [0.3, 0.4) is 0 Å². The summed E-state index contributed by atoms with van der Waals surface area (Å²) >= 11 is 0. The smallest absolute Gasteiger partial charge is 0.341 e. The van der Waals surface area contributed by atoms with Crippen LogP contribution in [-0.2, 0) is 4.74 Å². The quantitative estimate of drug-likeness (QED) is 0.129. The fraction of sp³-hybridized carbons (Fsp3) is 0.278. The van der Waals surface area contributed by atoms with Gasteiger partial charge in [-0.2, -0.15) is 0 Å². The Bertz CT molecular complexity index is 2280. The number of H-pyrrole nitrogens is 2. The molecule has 268 valence electrons. The Balaban J connectivity index is 0.000000162. The van der Waals surface area contributed by atoms with Gasteiger partial charge in [0.2, 0.25) is 13.6 Å². The van der Waals surface area contributed by atoms with Gasteiger partial charge in [-0.05, 0) is 44.0 Å². The lowest BCUT2D eigenvalue weighted by atomic mass is 10.1. The van der Waals surface area contributed by atoms with Crippen LogP contribution in [0.5, 0.6) is 34.5 Å². The summed E-state index contributed by atoms with van der Waals surface area (Å²) in [5, 5.41) is 9.31. The second-order valence-corrected chi connectivity index (χ2v) is 11.4. The number of benzene rings is 2. The number of hydrogen-bond acceptors (Lipinski definition) is 13. The summed E-state index contributed by atoms with van der Waals surface area (Å²) in [6.07, 6.45) is 7.43. The van der Waals surface area contributed by atoms with Gasteiger partial charge in [0.1, 0.15) is 57.7 Å². The van der Waals surface area contributed by atoms with Crippen molar-refractivity contribution in [2.45, 2.75) is 33.6 Å². The molecule has 0 bridgehead atoms. The number of aromatic nitrogens is 6. The maximum atomic E-state index is 12.2. The third kappa shape index (κ3) is 6.18. The van der Waals surface area contributed by atoms with Gasteiger partial charge in [0.15, 0.2) is 23.0 Å². The molecule has 52 heavy (non-hydrogen) atoms. The van der Waals surface area contributed by atoms with Gasteiger partial charge in [-0.25, -0.2) is 29.5 Å². The van der Waals surface area contributed by atoms with E-state index in [9.17, 15) is 14.7 Å². The minimum absolute atomic E-state index is 0.0828. The van der Waals surface area contributed by atoms with Crippen LogP contribution in [0.25, 0.3) is 44.6 Å². The molecule has 0 radical (unpaired) electrons. The van der Waals surface area contributed by atoms with Gasteiger partial charge in [-0.1, -0.05) is 13.8 Å². The number of fused-ring (bicyclic) bond motifs is 4. The SMILES string of the molecule is CCCOc1ccc2c(c1-c1ncnc3c(C(=O)O)c[nH]c13)OCO2.CCCOc1ccc2c(c1-c1ncnc3c(C(=O)OCC)c[nH]c13)OCO2. The summed E-state index contributed by atoms with van der Waals surface area (Å²) in [6, 6.07) is 7.23. The Hall–Kier alpha value is -6.58. The highest BCUT2D eigenvalue weighted by Gasteiger charge is 2.29. The van der Waals surface area contributed by atoms with E-state index in [1.54, 1.807) is 25.3 Å². The molecule has 0 fully saturated rings. The molecule has 0 saturated heterocycles. The maximum Gasteiger partial charge on any atom is 0.341 e. The number of carbonyl (C=O) groups is 2. The zero-order chi connectivity index (χ0) is 36.2. The third-order valence-corrected chi connectivity index (χ3v) is 8.05. The highest BCUT2D eigenvalue weighted by molar-refractivity contribution is 6.07. The molecule has 0 spiro atoms. The van der Waals surface area contributed by atoms with Crippen molar-refractivity contribution in [3.63, 3.8) is 0 Å². The van der Waals surface area contributed by atoms with Gasteiger partial charge < -0.3 is 48.2 Å². The molecule has 6 heterocycles. The number of carboxylic acid groups (broad SMARTS) is 1. The van der Waals surface area contributed by atoms with E-state index < -0.39 is 11.9 Å². The topological polar surface area (TPSA) is 202 Å². The van der Waals surface area contributed by atoms with Crippen molar-refractivity contribution < 1.29 is 47.9 Å². The molecule has 2 aliphatic rings. The first-order valence-corrected chi connectivity index (χ1v) is 16.6. The number of aromatic carboxylic acids is 1.